The molecule has 0 spiro atoms. The maximum Gasteiger partial charge on any atom is 0.0721 e. The number of aromatic nitrogens is 2. The molecule has 1 aromatic heterocycles. The van der Waals surface area contributed by atoms with E-state index in [2.05, 4.69) is 10.2 Å². The second kappa shape index (κ2) is 3.81. The van der Waals surface area contributed by atoms with Crippen LogP contribution in [0.3, 0.4) is 0 Å². The monoisotopic (exact) mass is 215 g/mol. The molecule has 0 saturated heterocycles. The first kappa shape index (κ1) is 10.4. The molecule has 2 rings (SSSR count). The van der Waals surface area contributed by atoms with Crippen molar-refractivity contribution < 1.29 is 9.90 Å². The summed E-state index contributed by atoms with van der Waals surface area (Å²) in [7, 11) is 0. The van der Waals surface area contributed by atoms with Crippen molar-refractivity contribution >= 4 is 5.97 Å². The number of rotatable bonds is 2. The molecule has 0 aliphatic carbocycles. The lowest BCUT2D eigenvalue weighted by atomic mass is 9.98. The van der Waals surface area contributed by atoms with Gasteiger partial charge in [0.2, 0.25) is 0 Å². The molecule has 1 aromatic carbocycles. The van der Waals surface area contributed by atoms with E-state index < -0.39 is 5.97 Å². The Balaban J connectivity index is 2.69. The summed E-state index contributed by atoms with van der Waals surface area (Å²) < 4.78 is 0. The Bertz CT molecular complexity index is 524. The molecule has 82 valence electrons. The summed E-state index contributed by atoms with van der Waals surface area (Å²) in [5, 5.41) is 17.9. The third-order valence-corrected chi connectivity index (χ3v) is 2.54. The van der Waals surface area contributed by atoms with Crippen molar-refractivity contribution in [2.24, 2.45) is 0 Å². The van der Waals surface area contributed by atoms with Gasteiger partial charge in [0.1, 0.15) is 0 Å². The second-order valence-corrected chi connectivity index (χ2v) is 3.64. The van der Waals surface area contributed by atoms with Crippen LogP contribution in [0.25, 0.3) is 11.1 Å². The molecule has 0 aliphatic heterocycles. The van der Waals surface area contributed by atoms with Gasteiger partial charge in [-0.05, 0) is 19.4 Å². The van der Waals surface area contributed by atoms with Crippen LogP contribution in [0.4, 0.5) is 0 Å². The molecule has 4 heteroatoms. The van der Waals surface area contributed by atoms with Gasteiger partial charge in [0.25, 0.3) is 0 Å². The highest BCUT2D eigenvalue weighted by atomic mass is 16.4. The summed E-state index contributed by atoms with van der Waals surface area (Å²) in [5.41, 5.74) is 3.30. The zero-order chi connectivity index (χ0) is 11.7. The molecule has 2 aromatic rings. The molecule has 0 bridgehead atoms. The van der Waals surface area contributed by atoms with Gasteiger partial charge in [0.05, 0.1) is 11.7 Å². The van der Waals surface area contributed by atoms with Gasteiger partial charge in [0.15, 0.2) is 0 Å². The average molecular weight is 215 g/mol. The lowest BCUT2D eigenvalue weighted by Gasteiger charge is -2.10. The summed E-state index contributed by atoms with van der Waals surface area (Å²) >= 11 is 0. The van der Waals surface area contributed by atoms with E-state index >= 15 is 0 Å². The van der Waals surface area contributed by atoms with E-state index in [9.17, 15) is 9.90 Å². The quantitative estimate of drug-likeness (QED) is 0.814. The molecule has 0 fully saturated rings. The molecule has 1 heterocycles. The molecular formula is C12H11N2O2-. The summed E-state index contributed by atoms with van der Waals surface area (Å²) in [4.78, 5) is 11.0. The van der Waals surface area contributed by atoms with E-state index in [4.69, 9.17) is 0 Å². The first-order valence-electron chi connectivity index (χ1n) is 4.93. The maximum absolute atomic E-state index is 11.0. The number of aromatic carboxylic acids is 1. The minimum atomic E-state index is -1.17. The SMILES string of the molecule is Cc1n[nH]c(C)c1-c1ccccc1C(=O)[O-]. The van der Waals surface area contributed by atoms with Crippen molar-refractivity contribution in [3.8, 4) is 11.1 Å². The van der Waals surface area contributed by atoms with Crippen LogP contribution in [0.5, 0.6) is 0 Å². The van der Waals surface area contributed by atoms with Gasteiger partial charge in [-0.15, -0.1) is 0 Å². The molecular weight excluding hydrogens is 204 g/mol. The summed E-state index contributed by atoms with van der Waals surface area (Å²) in [6.45, 7) is 3.70. The number of hydrogen-bond acceptors (Lipinski definition) is 3. The normalized spacial score (nSPS) is 10.4. The van der Waals surface area contributed by atoms with Crippen molar-refractivity contribution in [2.75, 3.05) is 0 Å². The van der Waals surface area contributed by atoms with Gasteiger partial charge >= 0.3 is 0 Å². The number of carbonyl (C=O) groups excluding carboxylic acids is 1. The highest BCUT2D eigenvalue weighted by Gasteiger charge is 2.12. The van der Waals surface area contributed by atoms with Crippen molar-refractivity contribution in [1.29, 1.82) is 0 Å². The lowest BCUT2D eigenvalue weighted by Crippen LogP contribution is -2.23. The van der Waals surface area contributed by atoms with Crippen molar-refractivity contribution in [2.45, 2.75) is 13.8 Å². The zero-order valence-corrected chi connectivity index (χ0v) is 9.07. The van der Waals surface area contributed by atoms with Gasteiger partial charge < -0.3 is 9.90 Å². The highest BCUT2D eigenvalue weighted by Crippen LogP contribution is 2.27. The maximum atomic E-state index is 11.0. The molecule has 4 nitrogen and oxygen atoms in total. The molecule has 0 unspecified atom stereocenters. The topological polar surface area (TPSA) is 68.8 Å². The van der Waals surface area contributed by atoms with Gasteiger partial charge in [-0.25, -0.2) is 0 Å². The number of nitrogens with one attached hydrogen (secondary N) is 1. The molecule has 0 saturated carbocycles. The third kappa shape index (κ3) is 1.58. The zero-order valence-electron chi connectivity index (χ0n) is 9.07. The first-order valence-corrected chi connectivity index (χ1v) is 4.93. The van der Waals surface area contributed by atoms with Crippen LogP contribution in [0, 0.1) is 13.8 Å². The van der Waals surface area contributed by atoms with E-state index in [0.29, 0.717) is 5.56 Å². The van der Waals surface area contributed by atoms with Crippen molar-refractivity contribution in [1.82, 2.24) is 10.2 Å². The fourth-order valence-electron chi connectivity index (χ4n) is 1.83. The number of carbonyl (C=O) groups is 1. The van der Waals surface area contributed by atoms with Gasteiger partial charge in [-0.2, -0.15) is 5.10 Å². The van der Waals surface area contributed by atoms with Crippen molar-refractivity contribution in [3.63, 3.8) is 0 Å². The lowest BCUT2D eigenvalue weighted by molar-refractivity contribution is -0.254. The van der Waals surface area contributed by atoms with E-state index in [1.165, 1.54) is 6.07 Å². The Hall–Kier alpha value is -2.10. The molecule has 16 heavy (non-hydrogen) atoms. The van der Waals surface area contributed by atoms with Crippen LogP contribution in [-0.2, 0) is 0 Å². The molecule has 0 aliphatic rings. The molecule has 0 atom stereocenters. The predicted octanol–water partition coefficient (Wildman–Crippen LogP) is 1.06. The van der Waals surface area contributed by atoms with Crippen LogP contribution in [0.1, 0.15) is 21.7 Å². The Labute approximate surface area is 92.9 Å². The third-order valence-electron chi connectivity index (χ3n) is 2.54. The summed E-state index contributed by atoms with van der Waals surface area (Å²) in [6, 6.07) is 6.78. The molecule has 1 N–H and O–H groups in total. The first-order chi connectivity index (χ1) is 7.61. The largest absolute Gasteiger partial charge is 0.545 e. The van der Waals surface area contributed by atoms with E-state index in [0.717, 1.165) is 17.0 Å². The number of H-pyrrole nitrogens is 1. The van der Waals surface area contributed by atoms with E-state index in [1.807, 2.05) is 13.8 Å². The van der Waals surface area contributed by atoms with Crippen LogP contribution >= 0.6 is 0 Å². The Kier molecular flexibility index (Phi) is 2.48. The number of aromatic amines is 1. The van der Waals surface area contributed by atoms with Gasteiger partial charge in [0, 0.05) is 16.8 Å². The fraction of sp³-hybridized carbons (Fsp3) is 0.167. The molecule has 0 radical (unpaired) electrons. The predicted molar refractivity (Wildman–Crippen MR) is 57.8 cm³/mol. The highest BCUT2D eigenvalue weighted by molar-refractivity contribution is 5.95. The second-order valence-electron chi connectivity index (χ2n) is 3.64. The van der Waals surface area contributed by atoms with Crippen LogP contribution in [-0.4, -0.2) is 16.2 Å². The Morgan fingerprint density at radius 1 is 1.31 bits per heavy atom. The summed E-state index contributed by atoms with van der Waals surface area (Å²) in [6.07, 6.45) is 0. The fourth-order valence-corrected chi connectivity index (χ4v) is 1.83. The number of aryl methyl sites for hydroxylation is 2. The van der Waals surface area contributed by atoms with Gasteiger partial charge in [-0.1, -0.05) is 24.3 Å². The summed E-state index contributed by atoms with van der Waals surface area (Å²) in [5.74, 6) is -1.17. The number of carboxylic acids is 1. The number of hydrogen-bond donors (Lipinski definition) is 1. The van der Waals surface area contributed by atoms with Gasteiger partial charge in [-0.3, -0.25) is 5.10 Å². The molecule has 0 amide bonds. The number of nitrogens with zero attached hydrogens (tertiary/aromatic N) is 1. The van der Waals surface area contributed by atoms with Crippen LogP contribution < -0.4 is 5.11 Å². The standard InChI is InChI=1S/C12H12N2O2/c1-7-11(8(2)14-13-7)9-5-3-4-6-10(9)12(15)16/h3-6H,1-2H3,(H,13,14)(H,15,16)/p-1. The minimum absolute atomic E-state index is 0.190. The number of carboxylic acid groups (broad SMARTS) is 1. The van der Waals surface area contributed by atoms with E-state index in [-0.39, 0.29) is 5.56 Å². The smallest absolute Gasteiger partial charge is 0.0721 e. The Morgan fingerprint density at radius 3 is 2.56 bits per heavy atom. The Morgan fingerprint density at radius 2 is 2.00 bits per heavy atom. The van der Waals surface area contributed by atoms with Crippen LogP contribution in [0.15, 0.2) is 24.3 Å². The van der Waals surface area contributed by atoms with E-state index in [1.54, 1.807) is 18.2 Å². The van der Waals surface area contributed by atoms with Crippen molar-refractivity contribution in [3.05, 3.63) is 41.2 Å². The average Bonchev–Trinajstić information content (AvgIpc) is 2.58. The number of benzene rings is 1. The van der Waals surface area contributed by atoms with Crippen LogP contribution in [0.2, 0.25) is 0 Å². The minimum Gasteiger partial charge on any atom is -0.545 e.